The minimum absolute atomic E-state index is 0. The Kier molecular flexibility index (Phi) is 12.3. The van der Waals surface area contributed by atoms with E-state index in [1.165, 1.54) is 0 Å². The molecule has 0 aliphatic heterocycles. The van der Waals surface area contributed by atoms with E-state index in [9.17, 15) is 0 Å². The molecule has 0 heterocycles. The molecular formula is C2H6HgO6S. The van der Waals surface area contributed by atoms with Crippen molar-refractivity contribution >= 4 is 16.4 Å². The van der Waals surface area contributed by atoms with Crippen LogP contribution in [0.4, 0.5) is 0 Å². The molecule has 0 saturated carbocycles. The topological polar surface area (TPSA) is 112 Å². The predicted octanol–water partition coefficient (Wildman–Crippen LogP) is -0.564. The van der Waals surface area contributed by atoms with Crippen molar-refractivity contribution in [2.24, 2.45) is 0 Å². The van der Waals surface area contributed by atoms with Crippen LogP contribution >= 0.6 is 0 Å². The number of aliphatic carboxylic acids is 1. The van der Waals surface area contributed by atoms with E-state index in [1.807, 2.05) is 0 Å². The van der Waals surface area contributed by atoms with Crippen LogP contribution in [-0.4, -0.2) is 28.6 Å². The third-order valence-corrected chi connectivity index (χ3v) is 0. The second-order valence-corrected chi connectivity index (χ2v) is 1.86. The molecule has 3 N–H and O–H groups in total. The Morgan fingerprint density at radius 2 is 1.30 bits per heavy atom. The van der Waals surface area contributed by atoms with Crippen LogP contribution in [0, 0.1) is 0 Å². The summed E-state index contributed by atoms with van der Waals surface area (Å²) in [6.07, 6.45) is 0. The van der Waals surface area contributed by atoms with Gasteiger partial charge in [0.2, 0.25) is 0 Å². The minimum Gasteiger partial charge on any atom is -0.481 e. The molecule has 10 heavy (non-hydrogen) atoms. The molecule has 0 aromatic heterocycles. The van der Waals surface area contributed by atoms with E-state index in [2.05, 4.69) is 0 Å². The average molecular weight is 359 g/mol. The summed E-state index contributed by atoms with van der Waals surface area (Å²) in [5.74, 6) is -0.833. The second kappa shape index (κ2) is 7.38. The van der Waals surface area contributed by atoms with Crippen LogP contribution in [0.1, 0.15) is 6.92 Å². The van der Waals surface area contributed by atoms with Crippen LogP contribution in [0.15, 0.2) is 0 Å². The summed E-state index contributed by atoms with van der Waals surface area (Å²) >= 11 is 0. The van der Waals surface area contributed by atoms with E-state index in [1.54, 1.807) is 0 Å². The van der Waals surface area contributed by atoms with Crippen LogP contribution in [-0.2, 0) is 42.9 Å². The van der Waals surface area contributed by atoms with Gasteiger partial charge in [0.25, 0.3) is 5.97 Å². The molecule has 0 bridgehead atoms. The Balaban J connectivity index is -0.0000000910. The van der Waals surface area contributed by atoms with Gasteiger partial charge >= 0.3 is 10.4 Å². The van der Waals surface area contributed by atoms with Crippen molar-refractivity contribution in [2.75, 3.05) is 0 Å². The minimum atomic E-state index is -4.67. The van der Waals surface area contributed by atoms with E-state index in [4.69, 9.17) is 27.4 Å². The first-order valence-corrected chi connectivity index (χ1v) is 3.02. The van der Waals surface area contributed by atoms with E-state index in [0.717, 1.165) is 6.92 Å². The van der Waals surface area contributed by atoms with Crippen LogP contribution in [0.2, 0.25) is 0 Å². The standard InChI is InChI=1S/C2H4O2.Hg.H2O4S/c1-2(3)4;;1-5(2,3)4/h1H3,(H,3,4);;(H2,1,2,3,4). The van der Waals surface area contributed by atoms with Gasteiger partial charge in [-0.25, -0.2) is 0 Å². The molecule has 6 nitrogen and oxygen atoms in total. The molecule has 0 unspecified atom stereocenters. The molecule has 0 aliphatic carbocycles. The Hall–Kier alpha value is 0.275. The van der Waals surface area contributed by atoms with E-state index in [0.29, 0.717) is 0 Å². The van der Waals surface area contributed by atoms with E-state index < -0.39 is 16.4 Å². The van der Waals surface area contributed by atoms with Crippen LogP contribution in [0.3, 0.4) is 0 Å². The summed E-state index contributed by atoms with van der Waals surface area (Å²) < 4.78 is 31.6. The molecule has 58 valence electrons. The number of rotatable bonds is 0. The summed E-state index contributed by atoms with van der Waals surface area (Å²) in [6, 6.07) is 0. The third-order valence-electron chi connectivity index (χ3n) is 0. The second-order valence-electron chi connectivity index (χ2n) is 0.967. The summed E-state index contributed by atoms with van der Waals surface area (Å²) in [6.45, 7) is 1.08. The van der Waals surface area contributed by atoms with Gasteiger partial charge in [0.1, 0.15) is 0 Å². The van der Waals surface area contributed by atoms with Crippen molar-refractivity contribution in [3.8, 4) is 0 Å². The van der Waals surface area contributed by atoms with Gasteiger partial charge in [0, 0.05) is 34.6 Å². The van der Waals surface area contributed by atoms with Crippen LogP contribution in [0.25, 0.3) is 0 Å². The molecule has 0 aliphatic rings. The molecule has 0 saturated heterocycles. The van der Waals surface area contributed by atoms with Crippen molar-refractivity contribution in [2.45, 2.75) is 6.92 Å². The summed E-state index contributed by atoms with van der Waals surface area (Å²) in [4.78, 5) is 9.00. The van der Waals surface area contributed by atoms with Crippen molar-refractivity contribution in [3.05, 3.63) is 0 Å². The summed E-state index contributed by atoms with van der Waals surface area (Å²) in [5.41, 5.74) is 0. The van der Waals surface area contributed by atoms with Crippen molar-refractivity contribution < 1.29 is 55.1 Å². The molecule has 0 aromatic rings. The Labute approximate surface area is 78.3 Å². The normalized spacial score (nSPS) is 8.30. The molecule has 0 radical (unpaired) electrons. The van der Waals surface area contributed by atoms with Gasteiger partial charge in [0.15, 0.2) is 0 Å². The maximum absolute atomic E-state index is 9.00. The Morgan fingerprint density at radius 1 is 1.30 bits per heavy atom. The summed E-state index contributed by atoms with van der Waals surface area (Å²) in [5, 5.41) is 7.42. The van der Waals surface area contributed by atoms with Crippen LogP contribution < -0.4 is 0 Å². The van der Waals surface area contributed by atoms with Gasteiger partial charge in [-0.05, 0) is 0 Å². The van der Waals surface area contributed by atoms with Gasteiger partial charge < -0.3 is 5.11 Å². The van der Waals surface area contributed by atoms with Gasteiger partial charge in [-0.1, -0.05) is 0 Å². The molecule has 0 atom stereocenters. The average Bonchev–Trinajstić information content (AvgIpc) is 1.19. The number of carbonyl (C=O) groups is 1. The predicted molar refractivity (Wildman–Crippen MR) is 27.5 cm³/mol. The number of hydrogen-bond acceptors (Lipinski definition) is 3. The number of carboxylic acids is 1. The fourth-order valence-electron chi connectivity index (χ4n) is 0. The van der Waals surface area contributed by atoms with Gasteiger partial charge in [-0.2, -0.15) is 8.42 Å². The zero-order valence-corrected chi connectivity index (χ0v) is 11.5. The maximum atomic E-state index is 9.00. The number of carboxylic acid groups (broad SMARTS) is 1. The van der Waals surface area contributed by atoms with Gasteiger partial charge in [-0.15, -0.1) is 0 Å². The Bertz CT molecular complexity index is 158. The quantitative estimate of drug-likeness (QED) is 0.395. The molecule has 8 heteroatoms. The first kappa shape index (κ1) is 16.7. The maximum Gasteiger partial charge on any atom is 0.394 e. The third kappa shape index (κ3) is 5790. The van der Waals surface area contributed by atoms with Gasteiger partial charge in [0.05, 0.1) is 0 Å². The molecule has 0 amide bonds. The summed E-state index contributed by atoms with van der Waals surface area (Å²) in [7, 11) is -4.67. The van der Waals surface area contributed by atoms with E-state index >= 15 is 0 Å². The molecule has 0 rings (SSSR count). The smallest absolute Gasteiger partial charge is 0.394 e. The van der Waals surface area contributed by atoms with Crippen LogP contribution in [0.5, 0.6) is 0 Å². The van der Waals surface area contributed by atoms with E-state index in [-0.39, 0.29) is 27.7 Å². The zero-order valence-electron chi connectivity index (χ0n) is 5.18. The number of hydrogen-bond donors (Lipinski definition) is 3. The molecular weight excluding hydrogens is 353 g/mol. The Morgan fingerprint density at radius 3 is 1.30 bits per heavy atom. The van der Waals surface area contributed by atoms with Crippen molar-refractivity contribution in [1.82, 2.24) is 0 Å². The largest absolute Gasteiger partial charge is 0.481 e. The SMILES string of the molecule is CC(=O)O.O=S(=O)(O)O.[Hg]. The molecule has 0 fully saturated rings. The fourth-order valence-corrected chi connectivity index (χ4v) is 0. The monoisotopic (exact) mass is 360 g/mol. The van der Waals surface area contributed by atoms with Crippen molar-refractivity contribution in [1.29, 1.82) is 0 Å². The zero-order chi connectivity index (χ0) is 8.08. The first-order valence-electron chi connectivity index (χ1n) is 1.63. The van der Waals surface area contributed by atoms with Crippen molar-refractivity contribution in [3.63, 3.8) is 0 Å². The molecule has 0 aromatic carbocycles. The molecule has 0 spiro atoms. The fraction of sp³-hybridized carbons (Fsp3) is 0.500. The van der Waals surface area contributed by atoms with Gasteiger partial charge in [-0.3, -0.25) is 13.9 Å². The first-order chi connectivity index (χ1) is 3.73.